The third-order valence-electron chi connectivity index (χ3n) is 4.12. The van der Waals surface area contributed by atoms with E-state index in [0.29, 0.717) is 6.42 Å². The molecule has 0 fully saturated rings. The molecule has 0 amide bonds. The van der Waals surface area contributed by atoms with Crippen LogP contribution < -0.4 is 0 Å². The normalized spacial score (nSPS) is 13.0. The highest BCUT2D eigenvalue weighted by Crippen LogP contribution is 2.26. The van der Waals surface area contributed by atoms with Crippen LogP contribution in [0.1, 0.15) is 52.5 Å². The largest absolute Gasteiger partial charge is 0.457 e. The molecule has 5 nitrogen and oxygen atoms in total. The van der Waals surface area contributed by atoms with Crippen molar-refractivity contribution in [1.29, 1.82) is 0 Å². The molecule has 154 valence electrons. The Balaban J connectivity index is 3.35. The lowest BCUT2D eigenvalue weighted by molar-refractivity contribution is -0.150. The molecule has 0 unspecified atom stereocenters. The molecule has 0 aliphatic heterocycles. The third kappa shape index (κ3) is 6.50. The highest BCUT2D eigenvalue weighted by molar-refractivity contribution is 7.89. The van der Waals surface area contributed by atoms with Crippen LogP contribution in [0.4, 0.5) is 0 Å². The number of terminal acetylenes is 1. The molecular formula is C22H31NO4S. The van der Waals surface area contributed by atoms with E-state index in [1.54, 1.807) is 45.0 Å². The second-order valence-electron chi connectivity index (χ2n) is 7.75. The first-order valence-electron chi connectivity index (χ1n) is 9.38. The van der Waals surface area contributed by atoms with Crippen LogP contribution in [0, 0.1) is 19.3 Å². The number of carbonyl (C=O) groups is 1. The maximum Gasteiger partial charge on any atom is 0.335 e. The molecular weight excluding hydrogens is 374 g/mol. The van der Waals surface area contributed by atoms with Crippen molar-refractivity contribution in [2.75, 3.05) is 6.54 Å². The van der Waals surface area contributed by atoms with Crippen LogP contribution in [0.5, 0.6) is 0 Å². The zero-order valence-electron chi connectivity index (χ0n) is 17.5. The number of esters is 1. The Morgan fingerprint density at radius 3 is 2.32 bits per heavy atom. The molecule has 0 bridgehead atoms. The number of sulfonamides is 1. The van der Waals surface area contributed by atoms with Crippen LogP contribution in [-0.4, -0.2) is 36.9 Å². The van der Waals surface area contributed by atoms with Crippen molar-refractivity contribution < 1.29 is 17.9 Å². The monoisotopic (exact) mass is 405 g/mol. The Labute approximate surface area is 169 Å². The number of rotatable bonds is 9. The molecule has 0 saturated heterocycles. The molecule has 0 aromatic heterocycles. The summed E-state index contributed by atoms with van der Waals surface area (Å²) in [7, 11) is -3.91. The van der Waals surface area contributed by atoms with Crippen LogP contribution in [0.2, 0.25) is 0 Å². The molecule has 0 N–H and O–H groups in total. The van der Waals surface area contributed by atoms with Crippen molar-refractivity contribution in [3.8, 4) is 12.3 Å². The number of benzene rings is 1. The summed E-state index contributed by atoms with van der Waals surface area (Å²) >= 11 is 0. The van der Waals surface area contributed by atoms with Gasteiger partial charge in [-0.2, -0.15) is 4.31 Å². The lowest BCUT2D eigenvalue weighted by Crippen LogP contribution is -2.44. The van der Waals surface area contributed by atoms with E-state index in [4.69, 9.17) is 11.2 Å². The average molecular weight is 406 g/mol. The van der Waals surface area contributed by atoms with Gasteiger partial charge in [-0.3, -0.25) is 0 Å². The van der Waals surface area contributed by atoms with Crippen LogP contribution >= 0.6 is 0 Å². The summed E-state index contributed by atoms with van der Waals surface area (Å²) in [5.41, 5.74) is 0.333. The molecule has 0 aliphatic rings. The highest BCUT2D eigenvalue weighted by Gasteiger charge is 2.35. The summed E-state index contributed by atoms with van der Waals surface area (Å²) in [6, 6.07) is 5.77. The van der Waals surface area contributed by atoms with E-state index in [1.807, 2.05) is 13.8 Å². The van der Waals surface area contributed by atoms with Gasteiger partial charge in [0.05, 0.1) is 17.5 Å². The highest BCUT2D eigenvalue weighted by atomic mass is 32.2. The van der Waals surface area contributed by atoms with Crippen molar-refractivity contribution in [2.45, 2.75) is 70.4 Å². The molecule has 1 aromatic carbocycles. The van der Waals surface area contributed by atoms with Gasteiger partial charge in [0.2, 0.25) is 10.0 Å². The van der Waals surface area contributed by atoms with Gasteiger partial charge in [-0.15, -0.1) is 6.42 Å². The fraction of sp³-hybridized carbons (Fsp3) is 0.500. The molecule has 0 aliphatic carbocycles. The predicted octanol–water partition coefficient (Wildman–Crippen LogP) is 4.08. The molecule has 0 saturated carbocycles. The van der Waals surface area contributed by atoms with Gasteiger partial charge in [-0.05, 0) is 46.2 Å². The van der Waals surface area contributed by atoms with E-state index in [-0.39, 0.29) is 17.0 Å². The number of hydrogen-bond donors (Lipinski definition) is 0. The Bertz CT molecular complexity index is 827. The van der Waals surface area contributed by atoms with Gasteiger partial charge < -0.3 is 4.74 Å². The molecule has 1 atom stereocenters. The van der Waals surface area contributed by atoms with Gasteiger partial charge in [0.1, 0.15) is 5.60 Å². The number of nitrogens with zero attached hydrogens (tertiary/aromatic N) is 1. The summed E-state index contributed by atoms with van der Waals surface area (Å²) in [6.07, 6.45) is 7.46. The maximum absolute atomic E-state index is 13.3. The van der Waals surface area contributed by atoms with Crippen LogP contribution in [0.15, 0.2) is 41.3 Å². The van der Waals surface area contributed by atoms with Gasteiger partial charge in [0.25, 0.3) is 0 Å². The van der Waals surface area contributed by atoms with Crippen molar-refractivity contribution >= 4 is 16.0 Å². The molecule has 0 heterocycles. The van der Waals surface area contributed by atoms with Crippen molar-refractivity contribution in [2.24, 2.45) is 0 Å². The molecule has 6 heteroatoms. The zero-order chi connectivity index (χ0) is 21.5. The van der Waals surface area contributed by atoms with Gasteiger partial charge in [-0.25, -0.2) is 13.2 Å². The van der Waals surface area contributed by atoms with Gasteiger partial charge in [0, 0.05) is 5.57 Å². The first-order valence-corrected chi connectivity index (χ1v) is 10.8. The van der Waals surface area contributed by atoms with Crippen LogP contribution in [0.3, 0.4) is 0 Å². The minimum Gasteiger partial charge on any atom is -0.457 e. The minimum atomic E-state index is -3.91. The van der Waals surface area contributed by atoms with Crippen molar-refractivity contribution in [1.82, 2.24) is 4.31 Å². The topological polar surface area (TPSA) is 63.7 Å². The number of ether oxygens (including phenoxy) is 1. The standard InChI is InChI=1S/C22H31NO4S/c1-8-10-11-20(18(4)21(24)27-22(5,6)7)23(16-9-2)28(25,26)19-14-12-17(3)13-15-19/h2,12-15,20H,4,8,10-11,16H2,1,3,5-7H3/t20-/m0/s1. The number of unbranched alkanes of at least 4 members (excludes halogenated alkanes) is 1. The first-order chi connectivity index (χ1) is 12.9. The summed E-state index contributed by atoms with van der Waals surface area (Å²) in [5.74, 6) is 1.79. The summed E-state index contributed by atoms with van der Waals surface area (Å²) in [5, 5.41) is 0. The minimum absolute atomic E-state index is 0.0920. The third-order valence-corrected chi connectivity index (χ3v) is 5.99. The number of aryl methyl sites for hydroxylation is 1. The zero-order valence-corrected chi connectivity index (χ0v) is 18.3. The molecule has 0 radical (unpaired) electrons. The summed E-state index contributed by atoms with van der Waals surface area (Å²) in [6.45, 7) is 12.8. The maximum atomic E-state index is 13.3. The Morgan fingerprint density at radius 2 is 1.86 bits per heavy atom. The summed E-state index contributed by atoms with van der Waals surface area (Å²) < 4.78 is 33.2. The van der Waals surface area contributed by atoms with E-state index >= 15 is 0 Å². The molecule has 1 aromatic rings. The van der Waals surface area contributed by atoms with E-state index in [0.717, 1.165) is 18.4 Å². The van der Waals surface area contributed by atoms with Crippen LogP contribution in [-0.2, 0) is 19.6 Å². The Kier molecular flexibility index (Phi) is 8.47. The fourth-order valence-corrected chi connectivity index (χ4v) is 4.23. The van der Waals surface area contributed by atoms with Gasteiger partial charge in [-0.1, -0.05) is 50.0 Å². The fourth-order valence-electron chi connectivity index (χ4n) is 2.67. The number of hydrogen-bond acceptors (Lipinski definition) is 4. The quantitative estimate of drug-likeness (QED) is 0.353. The van der Waals surface area contributed by atoms with E-state index in [9.17, 15) is 13.2 Å². The second kappa shape index (κ2) is 9.90. The van der Waals surface area contributed by atoms with Crippen LogP contribution in [0.25, 0.3) is 0 Å². The smallest absolute Gasteiger partial charge is 0.335 e. The van der Waals surface area contributed by atoms with Gasteiger partial charge in [0.15, 0.2) is 0 Å². The van der Waals surface area contributed by atoms with Gasteiger partial charge >= 0.3 is 5.97 Å². The second-order valence-corrected chi connectivity index (χ2v) is 9.64. The average Bonchev–Trinajstić information content (AvgIpc) is 2.59. The van der Waals surface area contributed by atoms with Crippen molar-refractivity contribution in [3.63, 3.8) is 0 Å². The number of carbonyl (C=O) groups excluding carboxylic acids is 1. The Hall–Kier alpha value is -2.10. The van der Waals surface area contributed by atoms with E-state index in [1.165, 1.54) is 4.31 Å². The Morgan fingerprint density at radius 1 is 1.29 bits per heavy atom. The molecule has 0 spiro atoms. The predicted molar refractivity (Wildman–Crippen MR) is 112 cm³/mol. The van der Waals surface area contributed by atoms with E-state index in [2.05, 4.69) is 12.5 Å². The SMILES string of the molecule is C#CCN([C@@H](CCCC)C(=C)C(=O)OC(C)(C)C)S(=O)(=O)c1ccc(C)cc1. The lowest BCUT2D eigenvalue weighted by Gasteiger charge is -2.31. The van der Waals surface area contributed by atoms with E-state index < -0.39 is 27.6 Å². The molecule has 28 heavy (non-hydrogen) atoms. The molecule has 1 rings (SSSR count). The summed E-state index contributed by atoms with van der Waals surface area (Å²) in [4.78, 5) is 12.7. The first kappa shape index (κ1) is 23.9. The van der Waals surface area contributed by atoms with Crippen molar-refractivity contribution in [3.05, 3.63) is 42.0 Å². The lowest BCUT2D eigenvalue weighted by atomic mass is 10.0.